The van der Waals surface area contributed by atoms with E-state index in [1.165, 1.54) is 5.69 Å². The maximum absolute atomic E-state index is 9.33. The van der Waals surface area contributed by atoms with Crippen LogP contribution in [0.15, 0.2) is 24.3 Å². The van der Waals surface area contributed by atoms with E-state index in [-0.39, 0.29) is 12.0 Å². The summed E-state index contributed by atoms with van der Waals surface area (Å²) in [6.45, 7) is 9.51. The standard InChI is InChI=1S/C15H23ClN2O/c1-15(2,12-19)11-17-6-8-18(9-7-17)14-5-3-4-13(16)10-14/h3-5,10,19H,6-9,11-12H2,1-2H3. The fraction of sp³-hybridized carbons (Fsp3) is 0.600. The van der Waals surface area contributed by atoms with Crippen molar-refractivity contribution < 1.29 is 5.11 Å². The molecule has 1 N–H and O–H groups in total. The predicted octanol–water partition coefficient (Wildman–Crippen LogP) is 2.48. The van der Waals surface area contributed by atoms with E-state index >= 15 is 0 Å². The van der Waals surface area contributed by atoms with Crippen molar-refractivity contribution in [2.75, 3.05) is 44.2 Å². The Labute approximate surface area is 120 Å². The van der Waals surface area contributed by atoms with E-state index in [0.29, 0.717) is 0 Å². The number of benzene rings is 1. The lowest BCUT2D eigenvalue weighted by atomic mass is 9.94. The molecule has 106 valence electrons. The maximum Gasteiger partial charge on any atom is 0.0494 e. The highest BCUT2D eigenvalue weighted by molar-refractivity contribution is 6.30. The summed E-state index contributed by atoms with van der Waals surface area (Å²) in [5, 5.41) is 10.1. The Morgan fingerprint density at radius 2 is 1.89 bits per heavy atom. The smallest absolute Gasteiger partial charge is 0.0494 e. The Morgan fingerprint density at radius 1 is 1.21 bits per heavy atom. The van der Waals surface area contributed by atoms with Crippen molar-refractivity contribution in [3.8, 4) is 0 Å². The van der Waals surface area contributed by atoms with E-state index in [2.05, 4.69) is 29.7 Å². The van der Waals surface area contributed by atoms with Gasteiger partial charge in [-0.2, -0.15) is 0 Å². The van der Waals surface area contributed by atoms with Gasteiger partial charge in [0.15, 0.2) is 0 Å². The minimum atomic E-state index is -0.0156. The molecule has 0 bridgehead atoms. The molecule has 2 rings (SSSR count). The summed E-state index contributed by atoms with van der Waals surface area (Å²) in [5.74, 6) is 0. The molecule has 0 atom stereocenters. The zero-order valence-corrected chi connectivity index (χ0v) is 12.5. The van der Waals surface area contributed by atoms with Crippen molar-refractivity contribution >= 4 is 17.3 Å². The lowest BCUT2D eigenvalue weighted by molar-refractivity contribution is 0.0996. The molecule has 0 saturated carbocycles. The Hall–Kier alpha value is -0.770. The highest BCUT2D eigenvalue weighted by Crippen LogP contribution is 2.22. The fourth-order valence-corrected chi connectivity index (χ4v) is 2.68. The van der Waals surface area contributed by atoms with Gasteiger partial charge in [0, 0.05) is 55.5 Å². The second kappa shape index (κ2) is 6.12. The van der Waals surface area contributed by atoms with Crippen molar-refractivity contribution in [3.05, 3.63) is 29.3 Å². The fourth-order valence-electron chi connectivity index (χ4n) is 2.49. The molecule has 1 heterocycles. The molecule has 19 heavy (non-hydrogen) atoms. The second-order valence-corrected chi connectivity index (χ2v) is 6.50. The number of anilines is 1. The van der Waals surface area contributed by atoms with Gasteiger partial charge < -0.3 is 10.0 Å². The van der Waals surface area contributed by atoms with Crippen molar-refractivity contribution in [2.45, 2.75) is 13.8 Å². The summed E-state index contributed by atoms with van der Waals surface area (Å²) in [7, 11) is 0. The Morgan fingerprint density at radius 3 is 2.47 bits per heavy atom. The number of piperazine rings is 1. The molecule has 1 aliphatic heterocycles. The minimum Gasteiger partial charge on any atom is -0.396 e. The lowest BCUT2D eigenvalue weighted by Gasteiger charge is -2.39. The quantitative estimate of drug-likeness (QED) is 0.919. The van der Waals surface area contributed by atoms with Crippen LogP contribution in [0.5, 0.6) is 0 Å². The summed E-state index contributed by atoms with van der Waals surface area (Å²) in [6, 6.07) is 8.04. The van der Waals surface area contributed by atoms with E-state index in [1.54, 1.807) is 0 Å². The predicted molar refractivity (Wildman–Crippen MR) is 81.0 cm³/mol. The lowest BCUT2D eigenvalue weighted by Crippen LogP contribution is -2.49. The molecule has 3 nitrogen and oxygen atoms in total. The van der Waals surface area contributed by atoms with Crippen LogP contribution < -0.4 is 4.90 Å². The van der Waals surface area contributed by atoms with Crippen LogP contribution in [-0.2, 0) is 0 Å². The summed E-state index contributed by atoms with van der Waals surface area (Å²) in [6.07, 6.45) is 0. The molecule has 1 aliphatic rings. The molecule has 1 aromatic rings. The van der Waals surface area contributed by atoms with Crippen molar-refractivity contribution in [1.82, 2.24) is 4.90 Å². The number of aliphatic hydroxyl groups is 1. The van der Waals surface area contributed by atoms with Gasteiger partial charge >= 0.3 is 0 Å². The zero-order valence-electron chi connectivity index (χ0n) is 11.8. The van der Waals surface area contributed by atoms with E-state index in [4.69, 9.17) is 11.6 Å². The van der Waals surface area contributed by atoms with Gasteiger partial charge in [0.1, 0.15) is 0 Å². The first kappa shape index (κ1) is 14.6. The van der Waals surface area contributed by atoms with Crippen molar-refractivity contribution in [2.24, 2.45) is 5.41 Å². The first-order chi connectivity index (χ1) is 9.00. The third-order valence-electron chi connectivity index (χ3n) is 3.63. The van der Waals surface area contributed by atoms with Gasteiger partial charge in [-0.1, -0.05) is 31.5 Å². The summed E-state index contributed by atoms with van der Waals surface area (Å²) >= 11 is 6.03. The van der Waals surface area contributed by atoms with Crippen LogP contribution in [0.1, 0.15) is 13.8 Å². The molecule has 4 heteroatoms. The second-order valence-electron chi connectivity index (χ2n) is 6.07. The Bertz CT molecular complexity index is 414. The average Bonchev–Trinajstić information content (AvgIpc) is 2.39. The van der Waals surface area contributed by atoms with Gasteiger partial charge in [-0.15, -0.1) is 0 Å². The van der Waals surface area contributed by atoms with Crippen molar-refractivity contribution in [1.29, 1.82) is 0 Å². The number of halogens is 1. The van der Waals surface area contributed by atoms with Crippen LogP contribution in [0.3, 0.4) is 0 Å². The van der Waals surface area contributed by atoms with Crippen LogP contribution in [0.2, 0.25) is 5.02 Å². The molecule has 0 aliphatic carbocycles. The number of hydrogen-bond acceptors (Lipinski definition) is 3. The first-order valence-electron chi connectivity index (χ1n) is 6.84. The highest BCUT2D eigenvalue weighted by atomic mass is 35.5. The third kappa shape index (κ3) is 4.10. The first-order valence-corrected chi connectivity index (χ1v) is 7.22. The van der Waals surface area contributed by atoms with E-state index in [9.17, 15) is 5.11 Å². The highest BCUT2D eigenvalue weighted by Gasteiger charge is 2.24. The molecule has 1 fully saturated rings. The van der Waals surface area contributed by atoms with Crippen molar-refractivity contribution in [3.63, 3.8) is 0 Å². The van der Waals surface area contributed by atoms with E-state index < -0.39 is 0 Å². The molecule has 0 aromatic heterocycles. The van der Waals surface area contributed by atoms with Crippen LogP contribution in [0.25, 0.3) is 0 Å². The summed E-state index contributed by atoms with van der Waals surface area (Å²) in [4.78, 5) is 4.80. The van der Waals surface area contributed by atoms with E-state index in [0.717, 1.165) is 37.7 Å². The maximum atomic E-state index is 9.33. The van der Waals surface area contributed by atoms with Gasteiger partial charge in [-0.25, -0.2) is 0 Å². The molecular formula is C15H23ClN2O. The molecule has 0 amide bonds. The van der Waals surface area contributed by atoms with Gasteiger partial charge in [0.05, 0.1) is 0 Å². The Balaban J connectivity index is 1.89. The van der Waals surface area contributed by atoms with E-state index in [1.807, 2.05) is 18.2 Å². The molecular weight excluding hydrogens is 260 g/mol. The number of aliphatic hydroxyl groups excluding tert-OH is 1. The van der Waals surface area contributed by atoms with Gasteiger partial charge in [-0.05, 0) is 18.2 Å². The monoisotopic (exact) mass is 282 g/mol. The Kier molecular flexibility index (Phi) is 4.71. The van der Waals surface area contributed by atoms with Crippen LogP contribution >= 0.6 is 11.6 Å². The average molecular weight is 283 g/mol. The van der Waals surface area contributed by atoms with Crippen LogP contribution in [0.4, 0.5) is 5.69 Å². The summed E-state index contributed by atoms with van der Waals surface area (Å²) < 4.78 is 0. The number of hydrogen-bond donors (Lipinski definition) is 1. The normalized spacial score (nSPS) is 17.8. The SMILES string of the molecule is CC(C)(CO)CN1CCN(c2cccc(Cl)c2)CC1. The summed E-state index contributed by atoms with van der Waals surface area (Å²) in [5.41, 5.74) is 1.19. The molecule has 0 unspecified atom stereocenters. The van der Waals surface area contributed by atoms with Crippen LogP contribution in [0, 0.1) is 5.41 Å². The topological polar surface area (TPSA) is 26.7 Å². The molecule has 0 spiro atoms. The number of rotatable bonds is 4. The van der Waals surface area contributed by atoms with Gasteiger partial charge in [0.25, 0.3) is 0 Å². The van der Waals surface area contributed by atoms with Crippen LogP contribution in [-0.4, -0.2) is 49.3 Å². The minimum absolute atomic E-state index is 0.0156. The molecule has 1 saturated heterocycles. The third-order valence-corrected chi connectivity index (χ3v) is 3.86. The molecule has 0 radical (unpaired) electrons. The van der Waals surface area contributed by atoms with Gasteiger partial charge in [0.2, 0.25) is 0 Å². The van der Waals surface area contributed by atoms with Gasteiger partial charge in [-0.3, -0.25) is 4.90 Å². The largest absolute Gasteiger partial charge is 0.396 e. The molecule has 1 aromatic carbocycles. The number of nitrogens with zero attached hydrogens (tertiary/aromatic N) is 2. The zero-order chi connectivity index (χ0) is 13.9.